The fraction of sp³-hybridized carbons (Fsp3) is 0.400. The molecule has 0 aromatic carbocycles. The Kier molecular flexibility index (Phi) is 2.09. The molecule has 1 saturated heterocycles. The average Bonchev–Trinajstić information content (AvgIpc) is 2.53. The number of nitrogens with one attached hydrogen (secondary N) is 1. The van der Waals surface area contributed by atoms with Crippen molar-refractivity contribution in [2.24, 2.45) is 0 Å². The van der Waals surface area contributed by atoms with Gasteiger partial charge in [-0.2, -0.15) is 7.05 Å². The Morgan fingerprint density at radius 3 is 3.00 bits per heavy atom. The van der Waals surface area contributed by atoms with Crippen molar-refractivity contribution < 1.29 is 4.90 Å². The van der Waals surface area contributed by atoms with Gasteiger partial charge in [0.2, 0.25) is 0 Å². The molecule has 2 rings (SSSR count). The summed E-state index contributed by atoms with van der Waals surface area (Å²) < 4.78 is 0. The van der Waals surface area contributed by atoms with E-state index in [1.54, 1.807) is 0 Å². The van der Waals surface area contributed by atoms with E-state index in [9.17, 15) is 0 Å². The van der Waals surface area contributed by atoms with Crippen LogP contribution in [-0.4, -0.2) is 11.5 Å². The summed E-state index contributed by atoms with van der Waals surface area (Å²) in [5.74, 6) is 0. The number of aromatic nitrogens is 1. The van der Waals surface area contributed by atoms with E-state index < -0.39 is 0 Å². The first-order chi connectivity index (χ1) is 5.88. The molecule has 1 fully saturated rings. The number of hydrogen-bond acceptors (Lipinski definition) is 1. The van der Waals surface area contributed by atoms with Crippen molar-refractivity contribution >= 4 is 0 Å². The van der Waals surface area contributed by atoms with Crippen molar-refractivity contribution in [3.05, 3.63) is 37.1 Å². The van der Waals surface area contributed by atoms with Gasteiger partial charge in [-0.25, -0.2) is 0 Å². The molecule has 0 spiro atoms. The van der Waals surface area contributed by atoms with E-state index in [1.807, 2.05) is 18.3 Å². The van der Waals surface area contributed by atoms with Crippen LogP contribution >= 0.6 is 0 Å². The van der Waals surface area contributed by atoms with Crippen molar-refractivity contribution in [1.29, 1.82) is 0 Å². The van der Waals surface area contributed by atoms with Crippen LogP contribution in [0.25, 0.3) is 0 Å². The zero-order valence-electron chi connectivity index (χ0n) is 7.16. The summed E-state index contributed by atoms with van der Waals surface area (Å²) in [6.45, 7) is 1.18. The molecular weight excluding hydrogens is 148 g/mol. The van der Waals surface area contributed by atoms with Crippen LogP contribution in [0, 0.1) is 7.05 Å². The van der Waals surface area contributed by atoms with Gasteiger partial charge in [0.25, 0.3) is 0 Å². The smallest absolute Gasteiger partial charge is 0.107 e. The van der Waals surface area contributed by atoms with Gasteiger partial charge >= 0.3 is 0 Å². The molecule has 0 radical (unpaired) electrons. The Balaban J connectivity index is 2.19. The Morgan fingerprint density at radius 1 is 1.50 bits per heavy atom. The van der Waals surface area contributed by atoms with Crippen molar-refractivity contribution in [1.82, 2.24) is 4.98 Å². The van der Waals surface area contributed by atoms with E-state index in [4.69, 9.17) is 0 Å². The van der Waals surface area contributed by atoms with E-state index in [0.717, 1.165) is 0 Å². The lowest BCUT2D eigenvalue weighted by atomic mass is 10.1. The number of rotatable bonds is 1. The predicted molar refractivity (Wildman–Crippen MR) is 47.4 cm³/mol. The molecule has 2 heteroatoms. The minimum absolute atomic E-state index is 0.534. The summed E-state index contributed by atoms with van der Waals surface area (Å²) in [6.07, 6.45) is 4.37. The molecule has 1 aliphatic heterocycles. The van der Waals surface area contributed by atoms with E-state index in [2.05, 4.69) is 18.1 Å². The molecule has 64 valence electrons. The van der Waals surface area contributed by atoms with Crippen LogP contribution in [-0.2, 0) is 0 Å². The summed E-state index contributed by atoms with van der Waals surface area (Å²) in [5.41, 5.74) is 1.19. The number of likely N-dealkylation sites (tertiary alicyclic amines) is 1. The van der Waals surface area contributed by atoms with Gasteiger partial charge < -0.3 is 4.90 Å². The number of nitrogens with zero attached hydrogens (tertiary/aromatic N) is 1. The van der Waals surface area contributed by atoms with E-state index in [-0.39, 0.29) is 0 Å². The maximum Gasteiger partial charge on any atom is 0.107 e. The lowest BCUT2D eigenvalue weighted by Gasteiger charge is -2.22. The van der Waals surface area contributed by atoms with Gasteiger partial charge in [0.15, 0.2) is 0 Å². The molecule has 0 aliphatic carbocycles. The zero-order chi connectivity index (χ0) is 8.39. The minimum Gasteiger partial charge on any atom is -0.460 e. The standard InChI is InChI=1S/C10H14N2/c1-12-8-4-6-10(12)9-5-2-3-7-11-9/h2-3,5,7,10,12H,1,4,6,8H2. The van der Waals surface area contributed by atoms with Crippen LogP contribution in [0.1, 0.15) is 24.6 Å². The van der Waals surface area contributed by atoms with Crippen molar-refractivity contribution in [3.8, 4) is 0 Å². The molecule has 0 amide bonds. The molecular formula is C10H14N2. The highest BCUT2D eigenvalue weighted by Crippen LogP contribution is 2.15. The van der Waals surface area contributed by atoms with Crippen molar-refractivity contribution in [2.75, 3.05) is 6.54 Å². The molecule has 1 aliphatic rings. The largest absolute Gasteiger partial charge is 0.460 e. The van der Waals surface area contributed by atoms with Crippen LogP contribution in [0.3, 0.4) is 0 Å². The first kappa shape index (κ1) is 7.74. The molecule has 1 N–H and O–H groups in total. The second-order valence-corrected chi connectivity index (χ2v) is 3.36. The normalized spacial score (nSPS) is 29.1. The molecule has 2 heterocycles. The molecule has 1 aromatic heterocycles. The molecule has 1 aromatic rings. The van der Waals surface area contributed by atoms with Gasteiger partial charge in [-0.05, 0) is 12.1 Å². The van der Waals surface area contributed by atoms with Crippen LogP contribution < -0.4 is 4.90 Å². The molecule has 2 atom stereocenters. The minimum atomic E-state index is 0.534. The van der Waals surface area contributed by atoms with Crippen molar-refractivity contribution in [3.63, 3.8) is 0 Å². The topological polar surface area (TPSA) is 17.3 Å². The number of quaternary nitrogens is 1. The van der Waals surface area contributed by atoms with Crippen LogP contribution in [0.4, 0.5) is 0 Å². The third-order valence-electron chi connectivity index (χ3n) is 2.53. The molecule has 0 saturated carbocycles. The Morgan fingerprint density at radius 2 is 2.42 bits per heavy atom. The third kappa shape index (κ3) is 1.34. The Hall–Kier alpha value is -0.890. The second-order valence-electron chi connectivity index (χ2n) is 3.36. The second kappa shape index (κ2) is 3.23. The van der Waals surface area contributed by atoms with Gasteiger partial charge in [0.1, 0.15) is 6.04 Å². The first-order valence-electron chi connectivity index (χ1n) is 4.46. The monoisotopic (exact) mass is 162 g/mol. The Bertz CT molecular complexity index is 245. The van der Waals surface area contributed by atoms with Gasteiger partial charge in [0, 0.05) is 19.0 Å². The SMILES string of the molecule is [CH2-][NH+]1CCCC1c1ccccn1. The summed E-state index contributed by atoms with van der Waals surface area (Å²) in [5, 5.41) is 0. The first-order valence-corrected chi connectivity index (χ1v) is 4.46. The molecule has 12 heavy (non-hydrogen) atoms. The van der Waals surface area contributed by atoms with Gasteiger partial charge in [-0.3, -0.25) is 4.98 Å². The lowest BCUT2D eigenvalue weighted by molar-refractivity contribution is -0.873. The lowest BCUT2D eigenvalue weighted by Crippen LogP contribution is -3.04. The fourth-order valence-electron chi connectivity index (χ4n) is 1.85. The summed E-state index contributed by atoms with van der Waals surface area (Å²) in [6, 6.07) is 6.64. The maximum atomic E-state index is 4.35. The fourth-order valence-corrected chi connectivity index (χ4v) is 1.85. The maximum absolute atomic E-state index is 4.35. The quantitative estimate of drug-likeness (QED) is 0.598. The van der Waals surface area contributed by atoms with Crippen LogP contribution in [0.5, 0.6) is 0 Å². The molecule has 2 unspecified atom stereocenters. The summed E-state index contributed by atoms with van der Waals surface area (Å²) >= 11 is 0. The Labute approximate surface area is 73.2 Å². The van der Waals surface area contributed by atoms with E-state index >= 15 is 0 Å². The van der Waals surface area contributed by atoms with Crippen molar-refractivity contribution in [2.45, 2.75) is 18.9 Å². The highest BCUT2D eigenvalue weighted by Gasteiger charge is 2.23. The van der Waals surface area contributed by atoms with E-state index in [1.165, 1.54) is 30.0 Å². The number of hydrogen-bond donors (Lipinski definition) is 1. The van der Waals surface area contributed by atoms with Gasteiger partial charge in [0.05, 0.1) is 12.2 Å². The summed E-state index contributed by atoms with van der Waals surface area (Å²) in [4.78, 5) is 5.71. The van der Waals surface area contributed by atoms with E-state index in [0.29, 0.717) is 6.04 Å². The molecule has 0 bridgehead atoms. The zero-order valence-corrected chi connectivity index (χ0v) is 7.16. The molecule has 2 nitrogen and oxygen atoms in total. The van der Waals surface area contributed by atoms with Gasteiger partial charge in [-0.15, -0.1) is 0 Å². The third-order valence-corrected chi connectivity index (χ3v) is 2.53. The van der Waals surface area contributed by atoms with Crippen LogP contribution in [0.2, 0.25) is 0 Å². The predicted octanol–water partition coefficient (Wildman–Crippen LogP) is 0.593. The summed E-state index contributed by atoms with van der Waals surface area (Å²) in [7, 11) is 4.07. The van der Waals surface area contributed by atoms with Gasteiger partial charge in [-0.1, -0.05) is 6.07 Å². The average molecular weight is 162 g/mol. The highest BCUT2D eigenvalue weighted by molar-refractivity contribution is 5.06. The van der Waals surface area contributed by atoms with Crippen LogP contribution in [0.15, 0.2) is 24.4 Å². The number of pyridine rings is 1. The highest BCUT2D eigenvalue weighted by atomic mass is 15.2.